The van der Waals surface area contributed by atoms with Gasteiger partial charge in [0.2, 0.25) is 0 Å². The van der Waals surface area contributed by atoms with E-state index in [0.717, 1.165) is 30.6 Å². The Morgan fingerprint density at radius 3 is 2.86 bits per heavy atom. The number of imidazole rings is 1. The van der Waals surface area contributed by atoms with Gasteiger partial charge in [0, 0.05) is 44.0 Å². The quantitative estimate of drug-likeness (QED) is 0.378. The Morgan fingerprint density at radius 1 is 1.26 bits per heavy atom. The fourth-order valence-electron chi connectivity index (χ4n) is 4.27. The normalized spacial score (nSPS) is 15.6. The van der Waals surface area contributed by atoms with E-state index in [2.05, 4.69) is 21.0 Å². The predicted molar refractivity (Wildman–Crippen MR) is 134 cm³/mol. The first kappa shape index (κ1) is 21.8. The highest BCUT2D eigenvalue weighted by Crippen LogP contribution is 2.31. The van der Waals surface area contributed by atoms with Crippen LogP contribution < -0.4 is 16.1 Å². The highest BCUT2D eigenvalue weighted by Gasteiger charge is 2.25. The van der Waals surface area contributed by atoms with Crippen molar-refractivity contribution < 1.29 is 9.18 Å². The van der Waals surface area contributed by atoms with Crippen LogP contribution in [-0.2, 0) is 0 Å². The zero-order chi connectivity index (χ0) is 24.1. The van der Waals surface area contributed by atoms with Crippen LogP contribution in [0.25, 0.3) is 27.9 Å². The van der Waals surface area contributed by atoms with Gasteiger partial charge in [-0.1, -0.05) is 17.7 Å². The molecule has 0 spiro atoms. The van der Waals surface area contributed by atoms with Crippen molar-refractivity contribution in [3.05, 3.63) is 70.8 Å². The smallest absolute Gasteiger partial charge is 0.253 e. The second kappa shape index (κ2) is 8.51. The van der Waals surface area contributed by atoms with Crippen molar-refractivity contribution in [2.24, 2.45) is 0 Å². The minimum atomic E-state index is -0.365. The van der Waals surface area contributed by atoms with Crippen LogP contribution in [0.2, 0.25) is 5.02 Å². The Kier molecular flexibility index (Phi) is 5.31. The summed E-state index contributed by atoms with van der Waals surface area (Å²) in [6, 6.07) is 10.0. The van der Waals surface area contributed by atoms with Gasteiger partial charge in [0.05, 0.1) is 33.5 Å². The summed E-state index contributed by atoms with van der Waals surface area (Å²) in [5.41, 5.74) is 8.09. The lowest BCUT2D eigenvalue weighted by Crippen LogP contribution is -2.25. The lowest BCUT2D eigenvalue weighted by Gasteiger charge is -2.12. The summed E-state index contributed by atoms with van der Waals surface area (Å²) in [5.74, 6) is 0.0559. The van der Waals surface area contributed by atoms with Crippen molar-refractivity contribution in [3.63, 3.8) is 0 Å². The number of benzene rings is 2. The Bertz CT molecular complexity index is 1510. The van der Waals surface area contributed by atoms with E-state index < -0.39 is 0 Å². The number of amides is 1. The maximum atomic E-state index is 14.2. The molecule has 1 fully saturated rings. The van der Waals surface area contributed by atoms with Gasteiger partial charge in [-0.15, -0.1) is 0 Å². The fourth-order valence-corrected chi connectivity index (χ4v) is 4.54. The molecule has 10 heteroatoms. The molecule has 1 amide bonds. The molecule has 2 aromatic heterocycles. The van der Waals surface area contributed by atoms with Gasteiger partial charge >= 0.3 is 0 Å². The number of nitrogens with zero attached hydrogens (tertiary/aromatic N) is 4. The van der Waals surface area contributed by atoms with E-state index in [9.17, 15) is 9.18 Å². The molecule has 0 unspecified atom stereocenters. The monoisotopic (exact) mass is 491 g/mol. The van der Waals surface area contributed by atoms with E-state index in [1.165, 1.54) is 17.7 Å². The largest absolute Gasteiger partial charge is 0.363 e. The lowest BCUT2D eigenvalue weighted by molar-refractivity contribution is 0.0951. The first-order valence-electron chi connectivity index (χ1n) is 11.4. The molecule has 178 valence electrons. The third-order valence-corrected chi connectivity index (χ3v) is 6.53. The first-order chi connectivity index (χ1) is 17.0. The number of halogens is 2. The molecule has 0 radical (unpaired) electrons. The van der Waals surface area contributed by atoms with Crippen molar-refractivity contribution in [3.8, 4) is 11.3 Å². The van der Waals surface area contributed by atoms with Crippen LogP contribution >= 0.6 is 11.6 Å². The third-order valence-electron chi connectivity index (χ3n) is 6.22. The average Bonchev–Trinajstić information content (AvgIpc) is 3.36. The molecular weight excluding hydrogens is 469 g/mol. The van der Waals surface area contributed by atoms with Gasteiger partial charge in [0.15, 0.2) is 11.5 Å². The van der Waals surface area contributed by atoms with Crippen molar-refractivity contribution in [2.45, 2.75) is 18.9 Å². The van der Waals surface area contributed by atoms with Crippen LogP contribution in [0.1, 0.15) is 23.2 Å². The molecule has 4 aromatic rings. The summed E-state index contributed by atoms with van der Waals surface area (Å²) in [6.45, 7) is 1.34. The number of hydrogen-bond acceptors (Lipinski definition) is 6. The molecule has 8 nitrogen and oxygen atoms in total. The number of rotatable bonds is 6. The van der Waals surface area contributed by atoms with Gasteiger partial charge in [0.1, 0.15) is 5.82 Å². The van der Waals surface area contributed by atoms with Crippen LogP contribution in [0.4, 0.5) is 10.2 Å². The van der Waals surface area contributed by atoms with Crippen molar-refractivity contribution in [1.82, 2.24) is 30.1 Å². The second-order valence-corrected chi connectivity index (χ2v) is 9.33. The summed E-state index contributed by atoms with van der Waals surface area (Å²) in [5, 5.41) is 8.60. The van der Waals surface area contributed by atoms with E-state index in [-0.39, 0.29) is 17.8 Å². The number of hydrogen-bond donors (Lipinski definition) is 3. The zero-order valence-corrected chi connectivity index (χ0v) is 19.7. The van der Waals surface area contributed by atoms with Gasteiger partial charge in [-0.25, -0.2) is 19.8 Å². The Labute approximate surface area is 205 Å². The summed E-state index contributed by atoms with van der Waals surface area (Å²) >= 11 is 6.51. The third kappa shape index (κ3) is 4.17. The molecule has 1 saturated carbocycles. The predicted octanol–water partition coefficient (Wildman–Crippen LogP) is 3.98. The van der Waals surface area contributed by atoms with Crippen LogP contribution in [0.15, 0.2) is 54.4 Å². The number of fused-ring (bicyclic) bond motifs is 3. The molecule has 3 N–H and O–H groups in total. The van der Waals surface area contributed by atoms with Crippen LogP contribution in [0, 0.1) is 5.82 Å². The SMILES string of the molecule is CN1C=C(CNc2nc3ccc(F)cc3n3c(-c4ccc(C(=O)NC5CC5)c(Cl)c4)cnc23)CN1. The number of carbonyl (C=O) groups excluding carboxylic acids is 1. The topological polar surface area (TPSA) is 86.6 Å². The molecule has 0 bridgehead atoms. The van der Waals surface area contributed by atoms with Gasteiger partial charge in [-0.05, 0) is 42.7 Å². The molecule has 0 atom stereocenters. The van der Waals surface area contributed by atoms with Gasteiger partial charge in [-0.3, -0.25) is 9.20 Å². The lowest BCUT2D eigenvalue weighted by atomic mass is 10.1. The average molecular weight is 492 g/mol. The Hall–Kier alpha value is -3.69. The van der Waals surface area contributed by atoms with Crippen LogP contribution in [-0.4, -0.2) is 51.5 Å². The second-order valence-electron chi connectivity index (χ2n) is 8.92. The van der Waals surface area contributed by atoms with E-state index in [4.69, 9.17) is 16.6 Å². The van der Waals surface area contributed by atoms with E-state index in [1.54, 1.807) is 24.4 Å². The molecule has 1 aliphatic carbocycles. The maximum Gasteiger partial charge on any atom is 0.253 e. The number of anilines is 1. The molecule has 0 saturated heterocycles. The minimum absolute atomic E-state index is 0.174. The fraction of sp³-hybridized carbons (Fsp3) is 0.240. The zero-order valence-electron chi connectivity index (χ0n) is 19.0. The molecule has 3 heterocycles. The van der Waals surface area contributed by atoms with E-state index in [1.807, 2.05) is 28.7 Å². The van der Waals surface area contributed by atoms with Gasteiger partial charge in [0.25, 0.3) is 5.91 Å². The number of aromatic nitrogens is 3. The molecule has 2 aromatic carbocycles. The van der Waals surface area contributed by atoms with Crippen molar-refractivity contribution >= 4 is 40.0 Å². The summed E-state index contributed by atoms with van der Waals surface area (Å²) in [7, 11) is 1.95. The summed E-state index contributed by atoms with van der Waals surface area (Å²) < 4.78 is 16.1. The molecule has 1 aliphatic heterocycles. The van der Waals surface area contributed by atoms with Gasteiger partial charge < -0.3 is 15.6 Å². The number of hydrazine groups is 1. The Morgan fingerprint density at radius 2 is 2.11 bits per heavy atom. The van der Waals surface area contributed by atoms with E-state index >= 15 is 0 Å². The molecule has 35 heavy (non-hydrogen) atoms. The molecular formula is C25H23ClFN7O. The first-order valence-corrected chi connectivity index (χ1v) is 11.8. The maximum absolute atomic E-state index is 14.2. The molecule has 6 rings (SSSR count). The van der Waals surface area contributed by atoms with Crippen molar-refractivity contribution in [1.29, 1.82) is 0 Å². The minimum Gasteiger partial charge on any atom is -0.363 e. The highest BCUT2D eigenvalue weighted by atomic mass is 35.5. The Balaban J connectivity index is 1.43. The van der Waals surface area contributed by atoms with Crippen LogP contribution in [0.3, 0.4) is 0 Å². The van der Waals surface area contributed by atoms with E-state index in [0.29, 0.717) is 39.6 Å². The van der Waals surface area contributed by atoms with Gasteiger partial charge in [-0.2, -0.15) is 0 Å². The van der Waals surface area contributed by atoms with Crippen molar-refractivity contribution in [2.75, 3.05) is 25.5 Å². The highest BCUT2D eigenvalue weighted by molar-refractivity contribution is 6.34. The standard InChI is InChI=1S/C25H23ClFN7O/c1-33-13-14(11-30-33)10-28-23-24-29-12-22(34(24)21-9-16(27)3-7-20(21)32-23)15-2-6-18(19(26)8-15)25(35)31-17-4-5-17/h2-3,6-9,12-13,17,30H,4-5,10-11H2,1H3,(H,28,32)(H,31,35). The van der Waals surface area contributed by atoms with Crippen LogP contribution in [0.5, 0.6) is 0 Å². The molecule has 2 aliphatic rings. The summed E-state index contributed by atoms with van der Waals surface area (Å²) in [4.78, 5) is 21.8. The summed E-state index contributed by atoms with van der Waals surface area (Å²) in [6.07, 6.45) is 5.75. The number of nitrogens with one attached hydrogen (secondary N) is 3. The number of carbonyl (C=O) groups is 1.